The third-order valence-corrected chi connectivity index (χ3v) is 6.83. The fraction of sp³-hybridized carbons (Fsp3) is 0.538. The van der Waals surface area contributed by atoms with E-state index in [1.807, 2.05) is 0 Å². The summed E-state index contributed by atoms with van der Waals surface area (Å²) in [5, 5.41) is 0. The van der Waals surface area contributed by atoms with Crippen molar-refractivity contribution in [2.75, 3.05) is 6.61 Å². The lowest BCUT2D eigenvalue weighted by molar-refractivity contribution is 0.305. The Bertz CT molecular complexity index is 280. The molecule has 0 saturated heterocycles. The summed E-state index contributed by atoms with van der Waals surface area (Å²) >= 11 is 0. The minimum Gasteiger partial charge on any atom is -0.417 e. The second-order valence-electron chi connectivity index (χ2n) is 4.84. The first-order valence-corrected chi connectivity index (χ1v) is 8.69. The van der Waals surface area contributed by atoms with Crippen molar-refractivity contribution in [3.63, 3.8) is 0 Å². The highest BCUT2D eigenvalue weighted by Gasteiger charge is 2.26. The third-order valence-electron chi connectivity index (χ3n) is 3.10. The summed E-state index contributed by atoms with van der Waals surface area (Å²) in [4.78, 5) is 0. The van der Waals surface area contributed by atoms with E-state index in [1.165, 1.54) is 5.56 Å². The lowest BCUT2D eigenvalue weighted by atomic mass is 10.2. The molecule has 0 atom stereocenters. The van der Waals surface area contributed by atoms with Crippen LogP contribution in [0.2, 0.25) is 18.6 Å². The Kier molecular flexibility index (Phi) is 4.55. The van der Waals surface area contributed by atoms with Gasteiger partial charge in [-0.2, -0.15) is 0 Å². The molecule has 0 unspecified atom stereocenters. The first-order chi connectivity index (χ1) is 7.02. The Morgan fingerprint density at radius 2 is 1.73 bits per heavy atom. The Morgan fingerprint density at radius 1 is 1.13 bits per heavy atom. The van der Waals surface area contributed by atoms with Gasteiger partial charge in [-0.05, 0) is 30.6 Å². The van der Waals surface area contributed by atoms with Gasteiger partial charge in [-0.1, -0.05) is 44.2 Å². The quantitative estimate of drug-likeness (QED) is 0.687. The lowest BCUT2D eigenvalue weighted by Gasteiger charge is -2.26. The van der Waals surface area contributed by atoms with Crippen molar-refractivity contribution >= 4 is 8.32 Å². The van der Waals surface area contributed by atoms with Crippen LogP contribution in [0.1, 0.15) is 19.4 Å². The standard InChI is InChI=1S/C13H22OSi/c1-12(2)15(3,4)14-11-10-13-8-6-5-7-9-13/h5-9,12H,10-11H2,1-4H3. The van der Waals surface area contributed by atoms with E-state index < -0.39 is 8.32 Å². The molecule has 0 N–H and O–H groups in total. The number of rotatable bonds is 5. The van der Waals surface area contributed by atoms with Crippen LogP contribution in [0.25, 0.3) is 0 Å². The van der Waals surface area contributed by atoms with Gasteiger partial charge in [0.2, 0.25) is 0 Å². The fourth-order valence-corrected chi connectivity index (χ4v) is 2.20. The van der Waals surface area contributed by atoms with Gasteiger partial charge < -0.3 is 4.43 Å². The van der Waals surface area contributed by atoms with E-state index in [0.29, 0.717) is 5.54 Å². The molecule has 0 aliphatic carbocycles. The zero-order chi connectivity index (χ0) is 11.3. The van der Waals surface area contributed by atoms with Crippen LogP contribution in [-0.4, -0.2) is 14.9 Å². The molecule has 0 saturated carbocycles. The second-order valence-corrected chi connectivity index (χ2v) is 9.49. The molecule has 0 aromatic heterocycles. The molecule has 0 radical (unpaired) electrons. The summed E-state index contributed by atoms with van der Waals surface area (Å²) < 4.78 is 6.03. The first-order valence-electron chi connectivity index (χ1n) is 5.70. The predicted molar refractivity (Wildman–Crippen MR) is 68.7 cm³/mol. The lowest BCUT2D eigenvalue weighted by Crippen LogP contribution is -2.34. The Labute approximate surface area is 94.6 Å². The second kappa shape index (κ2) is 5.47. The third kappa shape index (κ3) is 4.18. The molecule has 0 heterocycles. The topological polar surface area (TPSA) is 9.23 Å². The summed E-state index contributed by atoms with van der Waals surface area (Å²) in [6, 6.07) is 10.5. The highest BCUT2D eigenvalue weighted by molar-refractivity contribution is 6.72. The van der Waals surface area contributed by atoms with Crippen molar-refractivity contribution in [3.8, 4) is 0 Å². The minimum absolute atomic E-state index is 0.688. The number of hydrogen-bond acceptors (Lipinski definition) is 1. The zero-order valence-electron chi connectivity index (χ0n) is 10.3. The van der Waals surface area contributed by atoms with Crippen LogP contribution in [0.4, 0.5) is 0 Å². The molecule has 0 bridgehead atoms. The van der Waals surface area contributed by atoms with Gasteiger partial charge >= 0.3 is 0 Å². The highest BCUT2D eigenvalue weighted by Crippen LogP contribution is 2.21. The predicted octanol–water partition coefficient (Wildman–Crippen LogP) is 3.86. The SMILES string of the molecule is CC(C)[Si](C)(C)OCCc1ccccc1. The molecule has 1 aromatic rings. The molecule has 2 heteroatoms. The normalized spacial score (nSPS) is 12.1. The van der Waals surface area contributed by atoms with E-state index in [0.717, 1.165) is 13.0 Å². The molecule has 0 aliphatic rings. The smallest absolute Gasteiger partial charge is 0.189 e. The van der Waals surface area contributed by atoms with Gasteiger partial charge in [0.15, 0.2) is 8.32 Å². The summed E-state index contributed by atoms with van der Waals surface area (Å²) in [5.74, 6) is 0. The molecule has 84 valence electrons. The van der Waals surface area contributed by atoms with Crippen LogP contribution in [0.15, 0.2) is 30.3 Å². The summed E-state index contributed by atoms with van der Waals surface area (Å²) in [6.45, 7) is 9.97. The van der Waals surface area contributed by atoms with Gasteiger partial charge in [0.1, 0.15) is 0 Å². The van der Waals surface area contributed by atoms with Gasteiger partial charge in [0.05, 0.1) is 0 Å². The van der Waals surface area contributed by atoms with Gasteiger partial charge in [-0.15, -0.1) is 0 Å². The van der Waals surface area contributed by atoms with E-state index in [2.05, 4.69) is 57.3 Å². The van der Waals surface area contributed by atoms with Gasteiger partial charge in [-0.3, -0.25) is 0 Å². The summed E-state index contributed by atoms with van der Waals surface area (Å²) in [6.07, 6.45) is 1.03. The average molecular weight is 222 g/mol. The summed E-state index contributed by atoms with van der Waals surface area (Å²) in [7, 11) is -1.43. The number of benzene rings is 1. The molecule has 1 rings (SSSR count). The molecule has 0 fully saturated rings. The van der Waals surface area contributed by atoms with Crippen LogP contribution in [0.5, 0.6) is 0 Å². The average Bonchev–Trinajstić information content (AvgIpc) is 2.19. The first kappa shape index (κ1) is 12.5. The van der Waals surface area contributed by atoms with Crippen LogP contribution < -0.4 is 0 Å². The molecule has 0 spiro atoms. The Morgan fingerprint density at radius 3 is 2.27 bits per heavy atom. The van der Waals surface area contributed by atoms with Crippen LogP contribution in [0.3, 0.4) is 0 Å². The van der Waals surface area contributed by atoms with E-state index >= 15 is 0 Å². The van der Waals surface area contributed by atoms with Crippen LogP contribution in [-0.2, 0) is 10.8 Å². The van der Waals surface area contributed by atoms with Crippen molar-refractivity contribution in [3.05, 3.63) is 35.9 Å². The van der Waals surface area contributed by atoms with Gasteiger partial charge in [-0.25, -0.2) is 0 Å². The zero-order valence-corrected chi connectivity index (χ0v) is 11.3. The maximum atomic E-state index is 6.03. The molecule has 15 heavy (non-hydrogen) atoms. The largest absolute Gasteiger partial charge is 0.417 e. The van der Waals surface area contributed by atoms with Crippen LogP contribution in [0, 0.1) is 0 Å². The van der Waals surface area contributed by atoms with Crippen molar-refractivity contribution in [2.45, 2.75) is 38.9 Å². The van der Waals surface area contributed by atoms with Crippen molar-refractivity contribution < 1.29 is 4.43 Å². The Hall–Kier alpha value is -0.603. The monoisotopic (exact) mass is 222 g/mol. The van der Waals surface area contributed by atoms with Crippen molar-refractivity contribution in [2.24, 2.45) is 0 Å². The van der Waals surface area contributed by atoms with Crippen molar-refractivity contribution in [1.29, 1.82) is 0 Å². The fourth-order valence-electron chi connectivity index (χ4n) is 1.24. The van der Waals surface area contributed by atoms with Gasteiger partial charge in [0, 0.05) is 6.61 Å². The molecular weight excluding hydrogens is 200 g/mol. The molecular formula is C13H22OSi. The van der Waals surface area contributed by atoms with Crippen LogP contribution >= 0.6 is 0 Å². The van der Waals surface area contributed by atoms with E-state index in [4.69, 9.17) is 4.43 Å². The molecule has 0 aliphatic heterocycles. The molecule has 0 amide bonds. The van der Waals surface area contributed by atoms with E-state index in [-0.39, 0.29) is 0 Å². The number of hydrogen-bond donors (Lipinski definition) is 0. The maximum Gasteiger partial charge on any atom is 0.189 e. The summed E-state index contributed by atoms with van der Waals surface area (Å²) in [5.41, 5.74) is 2.05. The van der Waals surface area contributed by atoms with Gasteiger partial charge in [0.25, 0.3) is 0 Å². The van der Waals surface area contributed by atoms with E-state index in [9.17, 15) is 0 Å². The highest BCUT2D eigenvalue weighted by atomic mass is 28.4. The van der Waals surface area contributed by atoms with Crippen molar-refractivity contribution in [1.82, 2.24) is 0 Å². The maximum absolute atomic E-state index is 6.03. The Balaban J connectivity index is 2.34. The molecule has 1 nitrogen and oxygen atoms in total. The molecule has 1 aromatic carbocycles. The van der Waals surface area contributed by atoms with E-state index in [1.54, 1.807) is 0 Å². The minimum atomic E-state index is -1.43.